The minimum absolute atomic E-state index is 0.0772. The van der Waals surface area contributed by atoms with Gasteiger partial charge in [-0.2, -0.15) is 5.10 Å². The highest BCUT2D eigenvalue weighted by molar-refractivity contribution is 6.29. The van der Waals surface area contributed by atoms with Crippen LogP contribution in [0.5, 0.6) is 0 Å². The number of fused-ring (bicyclic) bond motifs is 1. The van der Waals surface area contributed by atoms with Crippen molar-refractivity contribution in [3.05, 3.63) is 90.0 Å². The lowest BCUT2D eigenvalue weighted by atomic mass is 10.1. The summed E-state index contributed by atoms with van der Waals surface area (Å²) >= 11 is 5.74. The predicted octanol–water partition coefficient (Wildman–Crippen LogP) is 4.83. The van der Waals surface area contributed by atoms with Gasteiger partial charge in [-0.15, -0.1) is 0 Å². The first-order valence-corrected chi connectivity index (χ1v) is 9.65. The number of H-pyrrole nitrogens is 1. The molecule has 0 radical (unpaired) electrons. The zero-order chi connectivity index (χ0) is 21.4. The number of imidazole rings is 1. The minimum atomic E-state index is -0.641. The van der Waals surface area contributed by atoms with Gasteiger partial charge in [0.05, 0.1) is 35.5 Å². The van der Waals surface area contributed by atoms with Crippen molar-refractivity contribution < 1.29 is 9.18 Å². The molecule has 4 heterocycles. The minimum Gasteiger partial charge on any atom is -0.320 e. The van der Waals surface area contributed by atoms with Gasteiger partial charge in [-0.1, -0.05) is 17.7 Å². The molecule has 0 aliphatic rings. The summed E-state index contributed by atoms with van der Waals surface area (Å²) in [7, 11) is 0. The van der Waals surface area contributed by atoms with Crippen LogP contribution in [0.25, 0.3) is 28.0 Å². The second-order valence-corrected chi connectivity index (χ2v) is 7.18. The van der Waals surface area contributed by atoms with Crippen molar-refractivity contribution in [3.63, 3.8) is 0 Å². The highest BCUT2D eigenvalue weighted by Crippen LogP contribution is 2.26. The van der Waals surface area contributed by atoms with Crippen molar-refractivity contribution >= 4 is 28.8 Å². The first kappa shape index (κ1) is 19.0. The number of aromatic nitrogens is 5. The molecule has 9 heteroatoms. The number of pyridine rings is 2. The van der Waals surface area contributed by atoms with E-state index in [1.165, 1.54) is 18.3 Å². The first-order chi connectivity index (χ1) is 15.1. The predicted molar refractivity (Wildman–Crippen MR) is 115 cm³/mol. The molecule has 0 spiro atoms. The Kier molecular flexibility index (Phi) is 4.68. The van der Waals surface area contributed by atoms with Crippen molar-refractivity contribution in [1.29, 1.82) is 0 Å². The number of hydrogen-bond acceptors (Lipinski definition) is 4. The molecule has 0 aliphatic heterocycles. The fourth-order valence-corrected chi connectivity index (χ4v) is 3.39. The molecule has 0 saturated heterocycles. The third-order valence-electron chi connectivity index (χ3n) is 4.83. The monoisotopic (exact) mass is 432 g/mol. The van der Waals surface area contributed by atoms with Crippen LogP contribution in [-0.2, 0) is 0 Å². The van der Waals surface area contributed by atoms with E-state index in [2.05, 4.69) is 25.5 Å². The van der Waals surface area contributed by atoms with Gasteiger partial charge in [0.2, 0.25) is 0 Å². The molecule has 0 fully saturated rings. The highest BCUT2D eigenvalue weighted by atomic mass is 35.5. The Morgan fingerprint density at radius 2 is 1.87 bits per heavy atom. The van der Waals surface area contributed by atoms with Crippen molar-refractivity contribution in [2.24, 2.45) is 0 Å². The fraction of sp³-hybridized carbons (Fsp3) is 0. The van der Waals surface area contributed by atoms with Gasteiger partial charge in [-0.05, 0) is 36.4 Å². The van der Waals surface area contributed by atoms with E-state index in [4.69, 9.17) is 11.6 Å². The van der Waals surface area contributed by atoms with Crippen molar-refractivity contribution in [3.8, 4) is 22.4 Å². The molecule has 31 heavy (non-hydrogen) atoms. The van der Waals surface area contributed by atoms with E-state index in [0.717, 1.165) is 16.8 Å². The topological polar surface area (TPSA) is 88.0 Å². The van der Waals surface area contributed by atoms with E-state index in [1.54, 1.807) is 36.8 Å². The Labute approximate surface area is 180 Å². The summed E-state index contributed by atoms with van der Waals surface area (Å²) in [4.78, 5) is 20.7. The van der Waals surface area contributed by atoms with Crippen molar-refractivity contribution in [2.45, 2.75) is 0 Å². The number of halogens is 2. The summed E-state index contributed by atoms with van der Waals surface area (Å²) < 4.78 is 16.7. The lowest BCUT2D eigenvalue weighted by Crippen LogP contribution is -2.14. The average molecular weight is 433 g/mol. The van der Waals surface area contributed by atoms with Gasteiger partial charge in [0.15, 0.2) is 0 Å². The molecule has 1 aromatic carbocycles. The summed E-state index contributed by atoms with van der Waals surface area (Å²) in [6.07, 6.45) is 8.50. The third kappa shape index (κ3) is 3.64. The number of nitrogens with one attached hydrogen (secondary N) is 2. The highest BCUT2D eigenvalue weighted by Gasteiger charge is 2.15. The number of carbonyl (C=O) groups is 1. The Balaban J connectivity index is 1.47. The number of rotatable bonds is 4. The lowest BCUT2D eigenvalue weighted by Gasteiger charge is -2.08. The maximum absolute atomic E-state index is 14.8. The second-order valence-electron chi connectivity index (χ2n) is 6.79. The van der Waals surface area contributed by atoms with Gasteiger partial charge >= 0.3 is 0 Å². The molecule has 7 nitrogen and oxygen atoms in total. The molecule has 5 aromatic rings. The molecule has 0 bridgehead atoms. The molecule has 0 saturated carbocycles. The van der Waals surface area contributed by atoms with Gasteiger partial charge in [-0.3, -0.25) is 14.3 Å². The van der Waals surface area contributed by atoms with Crippen LogP contribution in [0.3, 0.4) is 0 Å². The summed E-state index contributed by atoms with van der Waals surface area (Å²) in [6.45, 7) is 0. The molecule has 152 valence electrons. The summed E-state index contributed by atoms with van der Waals surface area (Å²) in [6, 6.07) is 11.4. The van der Waals surface area contributed by atoms with E-state index in [-0.39, 0.29) is 5.56 Å². The van der Waals surface area contributed by atoms with Crippen molar-refractivity contribution in [2.75, 3.05) is 5.32 Å². The lowest BCUT2D eigenvalue weighted by molar-refractivity contribution is 0.102. The first-order valence-electron chi connectivity index (χ1n) is 9.27. The molecule has 2 N–H and O–H groups in total. The quantitative estimate of drug-likeness (QED) is 0.398. The van der Waals surface area contributed by atoms with E-state index in [1.807, 2.05) is 22.7 Å². The van der Waals surface area contributed by atoms with Crippen LogP contribution < -0.4 is 5.32 Å². The second kappa shape index (κ2) is 7.66. The Morgan fingerprint density at radius 3 is 2.61 bits per heavy atom. The van der Waals surface area contributed by atoms with E-state index >= 15 is 0 Å². The van der Waals surface area contributed by atoms with E-state index in [0.29, 0.717) is 22.1 Å². The van der Waals surface area contributed by atoms with Crippen LogP contribution in [0, 0.1) is 5.82 Å². The normalized spacial score (nSPS) is 11.0. The standard InChI is InChI=1S/C22H14ClFN6O/c23-20-5-3-16(10-25-20)29-22(31)17-4-1-13(7-18(17)24)19-11-26-21-6-2-14(12-30(19)21)15-8-27-28-9-15/h1-12H,(H,27,28)(H,29,31). The van der Waals surface area contributed by atoms with Gasteiger partial charge in [0, 0.05) is 29.1 Å². The van der Waals surface area contributed by atoms with Crippen LogP contribution in [0.2, 0.25) is 5.15 Å². The van der Waals surface area contributed by atoms with E-state index < -0.39 is 11.7 Å². The summed E-state index contributed by atoms with van der Waals surface area (Å²) in [5, 5.41) is 9.67. The average Bonchev–Trinajstić information content (AvgIpc) is 3.45. The molecule has 0 aliphatic carbocycles. The van der Waals surface area contributed by atoms with Crippen LogP contribution in [0.1, 0.15) is 10.4 Å². The number of nitrogens with zero attached hydrogens (tertiary/aromatic N) is 4. The van der Waals surface area contributed by atoms with Gasteiger partial charge in [0.1, 0.15) is 16.6 Å². The molecular weight excluding hydrogens is 419 g/mol. The Morgan fingerprint density at radius 1 is 1.00 bits per heavy atom. The number of hydrogen-bond donors (Lipinski definition) is 2. The number of carbonyl (C=O) groups excluding carboxylic acids is 1. The molecular formula is C22H14ClFN6O. The van der Waals surface area contributed by atoms with E-state index in [9.17, 15) is 9.18 Å². The fourth-order valence-electron chi connectivity index (χ4n) is 3.28. The SMILES string of the molecule is O=C(Nc1ccc(Cl)nc1)c1ccc(-c2cnc3ccc(-c4cn[nH]c4)cn23)cc1F. The smallest absolute Gasteiger partial charge is 0.258 e. The maximum atomic E-state index is 14.8. The van der Waals surface area contributed by atoms with Gasteiger partial charge < -0.3 is 5.32 Å². The van der Waals surface area contributed by atoms with Crippen LogP contribution in [0.15, 0.2) is 73.4 Å². The number of amides is 1. The maximum Gasteiger partial charge on any atom is 0.258 e. The van der Waals surface area contributed by atoms with Gasteiger partial charge in [0.25, 0.3) is 5.91 Å². The van der Waals surface area contributed by atoms with Crippen LogP contribution in [0.4, 0.5) is 10.1 Å². The Hall–Kier alpha value is -4.04. The molecule has 4 aromatic heterocycles. The largest absolute Gasteiger partial charge is 0.320 e. The summed E-state index contributed by atoms with van der Waals surface area (Å²) in [5.41, 5.74) is 4.23. The zero-order valence-corrected chi connectivity index (χ0v) is 16.6. The third-order valence-corrected chi connectivity index (χ3v) is 5.06. The number of benzene rings is 1. The number of aromatic amines is 1. The molecule has 5 rings (SSSR count). The molecule has 0 unspecified atom stereocenters. The van der Waals surface area contributed by atoms with Gasteiger partial charge in [-0.25, -0.2) is 14.4 Å². The van der Waals surface area contributed by atoms with Crippen LogP contribution >= 0.6 is 11.6 Å². The number of anilines is 1. The molecule has 0 atom stereocenters. The van der Waals surface area contributed by atoms with Crippen molar-refractivity contribution in [1.82, 2.24) is 24.6 Å². The van der Waals surface area contributed by atoms with Crippen LogP contribution in [-0.4, -0.2) is 30.5 Å². The molecule has 1 amide bonds. The summed E-state index contributed by atoms with van der Waals surface area (Å²) in [5.74, 6) is -1.22. The Bertz CT molecular complexity index is 1400. The zero-order valence-electron chi connectivity index (χ0n) is 15.9.